The third-order valence-corrected chi connectivity index (χ3v) is 5.50. The summed E-state index contributed by atoms with van der Waals surface area (Å²) >= 11 is 11.8. The minimum atomic E-state index is -3.97. The topological polar surface area (TPSA) is 84.5 Å². The average molecular weight is 417 g/mol. The molecule has 2 aromatic carbocycles. The Morgan fingerprint density at radius 3 is 2.46 bits per heavy atom. The Hall–Kier alpha value is -1.80. The normalized spacial score (nSPS) is 11.2. The van der Waals surface area contributed by atoms with Crippen LogP contribution in [0.1, 0.15) is 16.8 Å². The summed E-state index contributed by atoms with van der Waals surface area (Å²) in [6, 6.07) is 10.3. The lowest BCUT2D eigenvalue weighted by atomic mass is 10.2. The molecule has 2 aromatic rings. The zero-order valence-corrected chi connectivity index (χ0v) is 16.3. The van der Waals surface area contributed by atoms with Crippen LogP contribution < -0.4 is 10.0 Å². The van der Waals surface area contributed by atoms with E-state index in [9.17, 15) is 13.2 Å². The van der Waals surface area contributed by atoms with E-state index in [0.29, 0.717) is 30.3 Å². The molecule has 0 atom stereocenters. The van der Waals surface area contributed by atoms with Gasteiger partial charge in [0.25, 0.3) is 15.9 Å². The number of methoxy groups -OCH3 is 1. The van der Waals surface area contributed by atoms with Crippen LogP contribution in [0.4, 0.5) is 5.69 Å². The molecule has 1 amide bonds. The molecule has 0 aliphatic rings. The maximum Gasteiger partial charge on any atom is 0.263 e. The first-order valence-electron chi connectivity index (χ1n) is 7.68. The number of rotatable bonds is 8. The molecule has 0 unspecified atom stereocenters. The van der Waals surface area contributed by atoms with Gasteiger partial charge in [-0.05, 0) is 48.9 Å². The quantitative estimate of drug-likeness (QED) is 0.644. The van der Waals surface area contributed by atoms with Gasteiger partial charge in [0.1, 0.15) is 4.90 Å². The Balaban J connectivity index is 2.19. The van der Waals surface area contributed by atoms with Gasteiger partial charge in [0.2, 0.25) is 0 Å². The lowest BCUT2D eigenvalue weighted by Crippen LogP contribution is -2.25. The molecule has 0 aliphatic heterocycles. The predicted molar refractivity (Wildman–Crippen MR) is 103 cm³/mol. The smallest absolute Gasteiger partial charge is 0.263 e. The van der Waals surface area contributed by atoms with Crippen LogP contribution in [0.5, 0.6) is 0 Å². The molecule has 0 saturated heterocycles. The lowest BCUT2D eigenvalue weighted by Gasteiger charge is -2.11. The van der Waals surface area contributed by atoms with E-state index in [4.69, 9.17) is 27.9 Å². The Morgan fingerprint density at radius 2 is 1.81 bits per heavy atom. The Bertz CT molecular complexity index is 871. The van der Waals surface area contributed by atoms with E-state index in [1.165, 1.54) is 30.3 Å². The number of hydrogen-bond acceptors (Lipinski definition) is 4. The first kappa shape index (κ1) is 20.5. The van der Waals surface area contributed by atoms with Crippen molar-refractivity contribution in [3.8, 4) is 0 Å². The van der Waals surface area contributed by atoms with Crippen molar-refractivity contribution in [2.45, 2.75) is 11.3 Å². The minimum absolute atomic E-state index is 0.0161. The number of carbonyl (C=O) groups is 1. The summed E-state index contributed by atoms with van der Waals surface area (Å²) in [7, 11) is -2.39. The van der Waals surface area contributed by atoms with Crippen molar-refractivity contribution in [1.29, 1.82) is 0 Å². The molecule has 0 fully saturated rings. The highest BCUT2D eigenvalue weighted by Crippen LogP contribution is 2.25. The Kier molecular flexibility index (Phi) is 7.28. The summed E-state index contributed by atoms with van der Waals surface area (Å²) in [4.78, 5) is 12.0. The molecule has 2 rings (SSSR count). The van der Waals surface area contributed by atoms with Crippen LogP contribution in [0.15, 0.2) is 47.4 Å². The third kappa shape index (κ3) is 5.60. The van der Waals surface area contributed by atoms with Crippen LogP contribution in [0, 0.1) is 0 Å². The van der Waals surface area contributed by atoms with Crippen LogP contribution in [0.2, 0.25) is 10.0 Å². The number of ether oxygens (including phenoxy) is 1. The van der Waals surface area contributed by atoms with Crippen molar-refractivity contribution in [2.24, 2.45) is 0 Å². The van der Waals surface area contributed by atoms with Crippen LogP contribution in [-0.2, 0) is 14.8 Å². The lowest BCUT2D eigenvalue weighted by molar-refractivity contribution is 0.0948. The molecule has 0 bridgehead atoms. The number of halogens is 2. The van der Waals surface area contributed by atoms with Gasteiger partial charge in [-0.25, -0.2) is 8.42 Å². The summed E-state index contributed by atoms with van der Waals surface area (Å²) in [5.74, 6) is -0.388. The molecule has 6 nitrogen and oxygen atoms in total. The fourth-order valence-electron chi connectivity index (χ4n) is 2.10. The minimum Gasteiger partial charge on any atom is -0.385 e. The predicted octanol–water partition coefficient (Wildman–Crippen LogP) is 3.56. The number of carbonyl (C=O) groups excluding carboxylic acids is 1. The summed E-state index contributed by atoms with van der Waals surface area (Å²) < 4.78 is 32.5. The summed E-state index contributed by atoms with van der Waals surface area (Å²) in [5, 5.41) is 3.20. The largest absolute Gasteiger partial charge is 0.385 e. The zero-order valence-electron chi connectivity index (χ0n) is 14.0. The van der Waals surface area contributed by atoms with Gasteiger partial charge >= 0.3 is 0 Å². The van der Waals surface area contributed by atoms with Crippen LogP contribution in [0.3, 0.4) is 0 Å². The Labute approximate surface area is 162 Å². The summed E-state index contributed by atoms with van der Waals surface area (Å²) in [6.45, 7) is 0.936. The fourth-order valence-corrected chi connectivity index (χ4v) is 3.81. The first-order valence-corrected chi connectivity index (χ1v) is 9.92. The molecule has 2 N–H and O–H groups in total. The van der Waals surface area contributed by atoms with Crippen molar-refractivity contribution < 1.29 is 17.9 Å². The van der Waals surface area contributed by atoms with Crippen molar-refractivity contribution >= 4 is 44.8 Å². The molecule has 0 radical (unpaired) electrons. The van der Waals surface area contributed by atoms with Crippen LogP contribution >= 0.6 is 23.2 Å². The number of amides is 1. The second-order valence-electron chi connectivity index (χ2n) is 5.36. The van der Waals surface area contributed by atoms with Crippen LogP contribution in [0.25, 0.3) is 0 Å². The van der Waals surface area contributed by atoms with Gasteiger partial charge in [-0.1, -0.05) is 23.2 Å². The van der Waals surface area contributed by atoms with E-state index in [1.54, 1.807) is 19.2 Å². The number of benzene rings is 2. The standard InChI is InChI=1S/C17H18Cl2N2O4S/c1-25-10-2-9-20-17(22)12-3-8-15(19)16(11-12)26(23,24)21-14-6-4-13(18)5-7-14/h3-8,11,21H,2,9-10H2,1H3,(H,20,22). The molecule has 0 aromatic heterocycles. The van der Waals surface area contributed by atoms with Crippen molar-refractivity contribution in [1.82, 2.24) is 5.32 Å². The SMILES string of the molecule is COCCCNC(=O)c1ccc(Cl)c(S(=O)(=O)Nc2ccc(Cl)cc2)c1. The molecule has 0 heterocycles. The van der Waals surface area contributed by atoms with E-state index in [0.717, 1.165) is 0 Å². The summed E-state index contributed by atoms with van der Waals surface area (Å²) in [6.07, 6.45) is 0.652. The van der Waals surface area contributed by atoms with Gasteiger partial charge in [-0.15, -0.1) is 0 Å². The highest BCUT2D eigenvalue weighted by molar-refractivity contribution is 7.92. The number of hydrogen-bond donors (Lipinski definition) is 2. The zero-order chi connectivity index (χ0) is 19.2. The maximum absolute atomic E-state index is 12.6. The van der Waals surface area contributed by atoms with Crippen molar-refractivity contribution in [3.05, 3.63) is 58.1 Å². The first-order chi connectivity index (χ1) is 12.3. The second-order valence-corrected chi connectivity index (χ2v) is 7.85. The molecule has 140 valence electrons. The van der Waals surface area contributed by atoms with Gasteiger partial charge < -0.3 is 10.1 Å². The third-order valence-electron chi connectivity index (χ3n) is 3.39. The maximum atomic E-state index is 12.6. The summed E-state index contributed by atoms with van der Waals surface area (Å²) in [5.41, 5.74) is 0.531. The molecular formula is C17H18Cl2N2O4S. The highest BCUT2D eigenvalue weighted by atomic mass is 35.5. The molecule has 0 aliphatic carbocycles. The van der Waals surface area contributed by atoms with E-state index >= 15 is 0 Å². The van der Waals surface area contributed by atoms with E-state index < -0.39 is 10.0 Å². The Morgan fingerprint density at radius 1 is 1.12 bits per heavy atom. The van der Waals surface area contributed by atoms with E-state index in [-0.39, 0.29) is 21.4 Å². The molecule has 9 heteroatoms. The van der Waals surface area contributed by atoms with Gasteiger partial charge in [0.05, 0.1) is 5.02 Å². The molecule has 0 saturated carbocycles. The van der Waals surface area contributed by atoms with Crippen molar-refractivity contribution in [3.63, 3.8) is 0 Å². The van der Waals surface area contributed by atoms with Gasteiger partial charge in [0.15, 0.2) is 0 Å². The number of anilines is 1. The molecule has 0 spiro atoms. The second kappa shape index (κ2) is 9.23. The average Bonchev–Trinajstić information content (AvgIpc) is 2.60. The number of sulfonamides is 1. The van der Waals surface area contributed by atoms with Gasteiger partial charge in [-0.3, -0.25) is 9.52 Å². The fraction of sp³-hybridized carbons (Fsp3) is 0.235. The molecular weight excluding hydrogens is 399 g/mol. The van der Waals surface area contributed by atoms with Gasteiger partial charge in [0, 0.05) is 36.5 Å². The van der Waals surface area contributed by atoms with E-state index in [1.807, 2.05) is 0 Å². The molecule has 26 heavy (non-hydrogen) atoms. The van der Waals surface area contributed by atoms with Crippen LogP contribution in [-0.4, -0.2) is 34.6 Å². The number of nitrogens with one attached hydrogen (secondary N) is 2. The van der Waals surface area contributed by atoms with Crippen molar-refractivity contribution in [2.75, 3.05) is 25.0 Å². The highest BCUT2D eigenvalue weighted by Gasteiger charge is 2.20. The van der Waals surface area contributed by atoms with Gasteiger partial charge in [-0.2, -0.15) is 0 Å². The van der Waals surface area contributed by atoms with E-state index in [2.05, 4.69) is 10.0 Å². The monoisotopic (exact) mass is 416 g/mol.